The predicted octanol–water partition coefficient (Wildman–Crippen LogP) is 0.745. The van der Waals surface area contributed by atoms with Gasteiger partial charge >= 0.3 is 0 Å². The Balaban J connectivity index is 3.36. The van der Waals surface area contributed by atoms with Crippen LogP contribution in [0.3, 0.4) is 0 Å². The molecule has 1 atom stereocenters. The fourth-order valence-corrected chi connectivity index (χ4v) is 0.475. The predicted molar refractivity (Wildman–Crippen MR) is 43.2 cm³/mol. The van der Waals surface area contributed by atoms with E-state index in [-0.39, 0.29) is 6.04 Å². The minimum atomic E-state index is 0.0346. The minimum Gasteiger partial charge on any atom is -0.462 e. The first-order chi connectivity index (χ1) is 4.66. The number of aliphatic hydroxyl groups is 1. The molecule has 0 aliphatic heterocycles. The molecule has 0 bridgehead atoms. The van der Waals surface area contributed by atoms with Crippen molar-refractivity contribution in [2.45, 2.75) is 32.6 Å². The van der Waals surface area contributed by atoms with Gasteiger partial charge in [-0.3, -0.25) is 0 Å². The monoisotopic (exact) mass is 138 g/mol. The number of rotatable bonds is 3. The van der Waals surface area contributed by atoms with E-state index in [4.69, 9.17) is 5.11 Å². The highest BCUT2D eigenvalue weighted by Crippen LogP contribution is 1.93. The molecule has 0 amide bonds. The summed E-state index contributed by atoms with van der Waals surface area (Å²) in [5.41, 5.74) is 0. The molecule has 10 heavy (non-hydrogen) atoms. The van der Waals surface area contributed by atoms with E-state index in [9.17, 15) is 0 Å². The SMILES string of the molecule is CC(C)[B]NC(C)C#CO. The summed E-state index contributed by atoms with van der Waals surface area (Å²) in [6.07, 6.45) is 1.86. The zero-order valence-corrected chi connectivity index (χ0v) is 6.68. The van der Waals surface area contributed by atoms with E-state index < -0.39 is 0 Å². The van der Waals surface area contributed by atoms with Gasteiger partial charge < -0.3 is 10.3 Å². The molecule has 0 heterocycles. The van der Waals surface area contributed by atoms with Gasteiger partial charge in [0, 0.05) is 0 Å². The summed E-state index contributed by atoms with van der Waals surface area (Å²) < 4.78 is 0. The van der Waals surface area contributed by atoms with Crippen molar-refractivity contribution in [3.8, 4) is 12.0 Å². The van der Waals surface area contributed by atoms with Crippen molar-refractivity contribution in [1.82, 2.24) is 5.23 Å². The van der Waals surface area contributed by atoms with Crippen LogP contribution in [0.2, 0.25) is 5.82 Å². The van der Waals surface area contributed by atoms with Crippen molar-refractivity contribution in [1.29, 1.82) is 0 Å². The van der Waals surface area contributed by atoms with Crippen LogP contribution in [0.5, 0.6) is 0 Å². The molecule has 2 N–H and O–H groups in total. The van der Waals surface area contributed by atoms with Crippen LogP contribution in [0.15, 0.2) is 0 Å². The lowest BCUT2D eigenvalue weighted by atomic mass is 9.78. The maximum absolute atomic E-state index is 8.19. The van der Waals surface area contributed by atoms with Gasteiger partial charge in [0.15, 0.2) is 0 Å². The number of nitrogens with one attached hydrogen (secondary N) is 1. The van der Waals surface area contributed by atoms with Gasteiger partial charge in [-0.25, -0.2) is 0 Å². The lowest BCUT2D eigenvalue weighted by molar-refractivity contribution is 0.515. The van der Waals surface area contributed by atoms with E-state index in [1.807, 2.05) is 20.4 Å². The molecule has 55 valence electrons. The van der Waals surface area contributed by atoms with E-state index in [1.54, 1.807) is 0 Å². The van der Waals surface area contributed by atoms with Crippen LogP contribution in [0.1, 0.15) is 20.8 Å². The van der Waals surface area contributed by atoms with E-state index in [0.29, 0.717) is 5.82 Å². The van der Waals surface area contributed by atoms with Gasteiger partial charge in [-0.1, -0.05) is 19.7 Å². The average molecular weight is 138 g/mol. The van der Waals surface area contributed by atoms with Crippen LogP contribution < -0.4 is 5.23 Å². The summed E-state index contributed by atoms with van der Waals surface area (Å²) in [5.74, 6) is 3.07. The molecule has 3 heteroatoms. The lowest BCUT2D eigenvalue weighted by Gasteiger charge is -2.06. The third-order valence-electron chi connectivity index (χ3n) is 0.961. The van der Waals surface area contributed by atoms with E-state index >= 15 is 0 Å². The quantitative estimate of drug-likeness (QED) is 0.445. The molecule has 2 nitrogen and oxygen atoms in total. The topological polar surface area (TPSA) is 32.3 Å². The van der Waals surface area contributed by atoms with Crippen LogP contribution in [-0.2, 0) is 0 Å². The highest BCUT2D eigenvalue weighted by molar-refractivity contribution is 6.34. The summed E-state index contributed by atoms with van der Waals surface area (Å²) in [5, 5.41) is 11.2. The highest BCUT2D eigenvalue weighted by atomic mass is 16.2. The standard InChI is InChI=1S/C7H13BNO/c1-6(2)8-9-7(3)4-5-10/h6-7,9-10H,1-3H3. The van der Waals surface area contributed by atoms with E-state index in [1.165, 1.54) is 0 Å². The van der Waals surface area contributed by atoms with Crippen molar-refractivity contribution in [2.75, 3.05) is 0 Å². The molecule has 0 aromatic carbocycles. The van der Waals surface area contributed by atoms with Crippen molar-refractivity contribution in [2.24, 2.45) is 0 Å². The largest absolute Gasteiger partial charge is 0.462 e. The molecule has 0 aromatic heterocycles. The average Bonchev–Trinajstić information content (AvgIpc) is 1.85. The Hall–Kier alpha value is -0.615. The van der Waals surface area contributed by atoms with Crippen LogP contribution in [0.4, 0.5) is 0 Å². The number of hydrogen-bond donors (Lipinski definition) is 2. The van der Waals surface area contributed by atoms with Crippen molar-refractivity contribution in [3.63, 3.8) is 0 Å². The Morgan fingerprint density at radius 2 is 2.00 bits per heavy atom. The van der Waals surface area contributed by atoms with Gasteiger partial charge in [0.1, 0.15) is 6.11 Å². The maximum Gasteiger partial charge on any atom is 0.209 e. The number of hydrogen-bond acceptors (Lipinski definition) is 2. The molecular formula is C7H13BNO. The summed E-state index contributed by atoms with van der Waals surface area (Å²) in [7, 11) is 1.95. The zero-order valence-electron chi connectivity index (χ0n) is 6.68. The van der Waals surface area contributed by atoms with Crippen molar-refractivity contribution in [3.05, 3.63) is 0 Å². The first kappa shape index (κ1) is 9.38. The van der Waals surface area contributed by atoms with Gasteiger partial charge in [0.25, 0.3) is 0 Å². The maximum atomic E-state index is 8.19. The molecule has 1 unspecified atom stereocenters. The second-order valence-corrected chi connectivity index (χ2v) is 2.56. The Labute approximate surface area is 63.3 Å². The minimum absolute atomic E-state index is 0.0346. The van der Waals surface area contributed by atoms with Gasteiger partial charge in [-0.05, 0) is 12.8 Å². The fourth-order valence-electron chi connectivity index (χ4n) is 0.475. The van der Waals surface area contributed by atoms with Gasteiger partial charge in [-0.2, -0.15) is 0 Å². The molecule has 0 saturated carbocycles. The summed E-state index contributed by atoms with van der Waals surface area (Å²) in [4.78, 5) is 0. The van der Waals surface area contributed by atoms with Crippen LogP contribution in [0.25, 0.3) is 0 Å². The normalized spacial score (nSPS) is 12.0. The van der Waals surface area contributed by atoms with Crippen LogP contribution in [-0.4, -0.2) is 18.6 Å². The third-order valence-corrected chi connectivity index (χ3v) is 0.961. The Morgan fingerprint density at radius 1 is 1.40 bits per heavy atom. The molecule has 0 saturated heterocycles. The van der Waals surface area contributed by atoms with Gasteiger partial charge in [0.05, 0.1) is 6.04 Å². The Morgan fingerprint density at radius 3 is 2.40 bits per heavy atom. The molecule has 0 spiro atoms. The highest BCUT2D eigenvalue weighted by Gasteiger charge is 1.99. The van der Waals surface area contributed by atoms with Crippen molar-refractivity contribution >= 4 is 7.41 Å². The lowest BCUT2D eigenvalue weighted by Crippen LogP contribution is -2.29. The second-order valence-electron chi connectivity index (χ2n) is 2.56. The van der Waals surface area contributed by atoms with E-state index in [2.05, 4.69) is 25.0 Å². The summed E-state index contributed by atoms with van der Waals surface area (Å²) >= 11 is 0. The van der Waals surface area contributed by atoms with Gasteiger partial charge in [0.2, 0.25) is 7.41 Å². The molecular weight excluding hydrogens is 125 g/mol. The second kappa shape index (κ2) is 5.19. The van der Waals surface area contributed by atoms with Crippen LogP contribution >= 0.6 is 0 Å². The summed E-state index contributed by atoms with van der Waals surface area (Å²) in [6, 6.07) is 0.0346. The Kier molecular flexibility index (Phi) is 4.87. The molecule has 1 radical (unpaired) electrons. The molecule has 0 fully saturated rings. The van der Waals surface area contributed by atoms with Gasteiger partial charge in [-0.15, -0.1) is 0 Å². The van der Waals surface area contributed by atoms with Crippen LogP contribution in [0, 0.1) is 12.0 Å². The molecule has 0 aromatic rings. The third kappa shape index (κ3) is 5.52. The molecule has 0 rings (SSSR count). The van der Waals surface area contributed by atoms with E-state index in [0.717, 1.165) is 0 Å². The fraction of sp³-hybridized carbons (Fsp3) is 0.714. The smallest absolute Gasteiger partial charge is 0.209 e. The first-order valence-electron chi connectivity index (χ1n) is 3.41. The Bertz CT molecular complexity index is 136. The zero-order chi connectivity index (χ0) is 7.98. The summed E-state index contributed by atoms with van der Waals surface area (Å²) in [6.45, 7) is 6.04. The number of aliphatic hydroxyl groups excluding tert-OH is 1. The molecule has 0 aliphatic rings. The first-order valence-corrected chi connectivity index (χ1v) is 3.41. The molecule has 0 aliphatic carbocycles. The van der Waals surface area contributed by atoms with Crippen molar-refractivity contribution < 1.29 is 5.11 Å².